The maximum absolute atomic E-state index is 12.8. The highest BCUT2D eigenvalue weighted by Crippen LogP contribution is 2.41. The Hall–Kier alpha value is -2.37. The second-order valence-electron chi connectivity index (χ2n) is 7.10. The number of carbonyl (C=O) groups excluding carboxylic acids is 2. The zero-order chi connectivity index (χ0) is 19.6. The minimum Gasteiger partial charge on any atom is -0.466 e. The van der Waals surface area contributed by atoms with Crippen LogP contribution in [0.5, 0.6) is 0 Å². The van der Waals surface area contributed by atoms with Crippen molar-refractivity contribution in [3.8, 4) is 0 Å². The lowest BCUT2D eigenvalue weighted by Crippen LogP contribution is -2.37. The third-order valence-corrected chi connectivity index (χ3v) is 4.06. The standard InChI is InChI=1S/C20H27NO5/c1-10(2)24-19(22)16-13(6)21-14(7)17(20(23)25-11(3)4)18(16)15-9-8-12(5)26-15/h8-11,16,18H,1-7H3/t16?,18-/m0/s1. The van der Waals surface area contributed by atoms with Crippen molar-refractivity contribution in [2.45, 2.75) is 66.6 Å². The van der Waals surface area contributed by atoms with Gasteiger partial charge in [-0.2, -0.15) is 0 Å². The lowest BCUT2D eigenvalue weighted by atomic mass is 9.78. The van der Waals surface area contributed by atoms with E-state index < -0.39 is 23.8 Å². The molecule has 6 heteroatoms. The Morgan fingerprint density at radius 1 is 1.04 bits per heavy atom. The van der Waals surface area contributed by atoms with Gasteiger partial charge < -0.3 is 13.9 Å². The molecule has 26 heavy (non-hydrogen) atoms. The first-order chi connectivity index (χ1) is 12.1. The molecule has 0 saturated carbocycles. The van der Waals surface area contributed by atoms with Crippen molar-refractivity contribution in [2.24, 2.45) is 10.9 Å². The second-order valence-corrected chi connectivity index (χ2v) is 7.10. The Labute approximate surface area is 154 Å². The highest BCUT2D eigenvalue weighted by molar-refractivity contribution is 6.06. The van der Waals surface area contributed by atoms with E-state index in [9.17, 15) is 9.59 Å². The second kappa shape index (κ2) is 7.89. The Kier molecular flexibility index (Phi) is 6.05. The van der Waals surface area contributed by atoms with Gasteiger partial charge in [0.15, 0.2) is 0 Å². The molecule has 1 aliphatic rings. The van der Waals surface area contributed by atoms with E-state index in [4.69, 9.17) is 13.9 Å². The number of allylic oxidation sites excluding steroid dienone is 1. The van der Waals surface area contributed by atoms with Crippen LogP contribution in [-0.4, -0.2) is 29.9 Å². The number of furan rings is 1. The molecule has 2 atom stereocenters. The zero-order valence-electron chi connectivity index (χ0n) is 16.5. The maximum Gasteiger partial charge on any atom is 0.336 e. The van der Waals surface area contributed by atoms with Crippen LogP contribution in [0.3, 0.4) is 0 Å². The summed E-state index contributed by atoms with van der Waals surface area (Å²) in [6, 6.07) is 3.59. The largest absolute Gasteiger partial charge is 0.466 e. The Morgan fingerprint density at radius 2 is 1.65 bits per heavy atom. The van der Waals surface area contributed by atoms with Gasteiger partial charge in [0.05, 0.1) is 23.7 Å². The number of aryl methyl sites for hydroxylation is 1. The highest BCUT2D eigenvalue weighted by Gasteiger charge is 2.44. The molecule has 0 saturated heterocycles. The highest BCUT2D eigenvalue weighted by atomic mass is 16.5. The van der Waals surface area contributed by atoms with E-state index in [2.05, 4.69) is 4.99 Å². The van der Waals surface area contributed by atoms with Gasteiger partial charge in [-0.3, -0.25) is 9.79 Å². The zero-order valence-corrected chi connectivity index (χ0v) is 16.5. The third kappa shape index (κ3) is 4.23. The van der Waals surface area contributed by atoms with Gasteiger partial charge in [-0.1, -0.05) is 0 Å². The average Bonchev–Trinajstić information content (AvgIpc) is 2.90. The van der Waals surface area contributed by atoms with Crippen LogP contribution in [-0.2, 0) is 19.1 Å². The average molecular weight is 361 g/mol. The summed E-state index contributed by atoms with van der Waals surface area (Å²) in [5, 5.41) is 0. The predicted molar refractivity (Wildman–Crippen MR) is 97.9 cm³/mol. The van der Waals surface area contributed by atoms with Crippen molar-refractivity contribution >= 4 is 17.7 Å². The van der Waals surface area contributed by atoms with Gasteiger partial charge in [0.1, 0.15) is 17.4 Å². The summed E-state index contributed by atoms with van der Waals surface area (Å²) >= 11 is 0. The van der Waals surface area contributed by atoms with E-state index in [1.165, 1.54) is 0 Å². The smallest absolute Gasteiger partial charge is 0.336 e. The molecule has 0 fully saturated rings. The SMILES string of the molecule is CC1=NC(C)=C(C(=O)OC(C)C)[C@@H](c2ccc(C)o2)C1C(=O)OC(C)C. The van der Waals surface area contributed by atoms with Gasteiger partial charge in [-0.25, -0.2) is 4.79 Å². The van der Waals surface area contributed by atoms with Gasteiger partial charge in [0.2, 0.25) is 0 Å². The molecule has 6 nitrogen and oxygen atoms in total. The minimum atomic E-state index is -0.735. The summed E-state index contributed by atoms with van der Waals surface area (Å²) < 4.78 is 16.6. The summed E-state index contributed by atoms with van der Waals surface area (Å²) in [7, 11) is 0. The lowest BCUT2D eigenvalue weighted by Gasteiger charge is -2.30. The molecule has 0 aromatic carbocycles. The quantitative estimate of drug-likeness (QED) is 0.742. The van der Waals surface area contributed by atoms with Gasteiger partial charge in [-0.05, 0) is 60.6 Å². The van der Waals surface area contributed by atoms with Crippen LogP contribution in [0.4, 0.5) is 0 Å². The van der Waals surface area contributed by atoms with E-state index in [1.54, 1.807) is 47.6 Å². The molecular weight excluding hydrogens is 334 g/mol. The number of hydrogen-bond acceptors (Lipinski definition) is 6. The Balaban J connectivity index is 2.57. The van der Waals surface area contributed by atoms with Crippen LogP contribution < -0.4 is 0 Å². The van der Waals surface area contributed by atoms with Gasteiger partial charge in [0, 0.05) is 11.4 Å². The van der Waals surface area contributed by atoms with Crippen molar-refractivity contribution in [3.05, 3.63) is 34.9 Å². The molecule has 0 spiro atoms. The van der Waals surface area contributed by atoms with Crippen LogP contribution in [0.25, 0.3) is 0 Å². The van der Waals surface area contributed by atoms with E-state index in [-0.39, 0.29) is 12.2 Å². The van der Waals surface area contributed by atoms with Crippen molar-refractivity contribution in [1.29, 1.82) is 0 Å². The first-order valence-corrected chi connectivity index (χ1v) is 8.85. The number of ether oxygens (including phenoxy) is 2. The fourth-order valence-electron chi connectivity index (χ4n) is 3.12. The van der Waals surface area contributed by atoms with Crippen LogP contribution >= 0.6 is 0 Å². The fraction of sp³-hybridized carbons (Fsp3) is 0.550. The van der Waals surface area contributed by atoms with Crippen LogP contribution in [0, 0.1) is 12.8 Å². The van der Waals surface area contributed by atoms with Crippen molar-refractivity contribution < 1.29 is 23.5 Å². The fourth-order valence-corrected chi connectivity index (χ4v) is 3.12. The molecule has 1 aromatic rings. The van der Waals surface area contributed by atoms with Gasteiger partial charge >= 0.3 is 11.9 Å². The predicted octanol–water partition coefficient (Wildman–Crippen LogP) is 3.94. The number of rotatable bonds is 5. The molecule has 1 aromatic heterocycles. The normalized spacial score (nSPS) is 20.4. The van der Waals surface area contributed by atoms with Crippen molar-refractivity contribution in [3.63, 3.8) is 0 Å². The number of hydrogen-bond donors (Lipinski definition) is 0. The molecule has 0 N–H and O–H groups in total. The minimum absolute atomic E-state index is 0.271. The maximum atomic E-state index is 12.8. The molecule has 0 aliphatic carbocycles. The summed E-state index contributed by atoms with van der Waals surface area (Å²) in [6.07, 6.45) is -0.554. The first-order valence-electron chi connectivity index (χ1n) is 8.85. The molecule has 0 amide bonds. The summed E-state index contributed by atoms with van der Waals surface area (Å²) in [5.74, 6) is -1.05. The van der Waals surface area contributed by atoms with Gasteiger partial charge in [0.25, 0.3) is 0 Å². The monoisotopic (exact) mass is 361 g/mol. The van der Waals surface area contributed by atoms with Crippen LogP contribution in [0.15, 0.2) is 32.8 Å². The molecule has 0 radical (unpaired) electrons. The summed E-state index contributed by atoms with van der Waals surface area (Å²) in [6.45, 7) is 12.5. The molecule has 1 unspecified atom stereocenters. The van der Waals surface area contributed by atoms with E-state index in [1.807, 2.05) is 13.0 Å². The summed E-state index contributed by atoms with van der Waals surface area (Å²) in [5.41, 5.74) is 1.46. The topological polar surface area (TPSA) is 78.1 Å². The molecule has 2 heterocycles. The first kappa shape index (κ1) is 19.9. The number of esters is 2. The Bertz CT molecular complexity index is 754. The van der Waals surface area contributed by atoms with Gasteiger partial charge in [-0.15, -0.1) is 0 Å². The van der Waals surface area contributed by atoms with Crippen LogP contribution in [0.1, 0.15) is 59.0 Å². The molecule has 2 rings (SSSR count). The molecule has 0 bridgehead atoms. The van der Waals surface area contributed by atoms with E-state index >= 15 is 0 Å². The summed E-state index contributed by atoms with van der Waals surface area (Å²) in [4.78, 5) is 30.0. The van der Waals surface area contributed by atoms with E-state index in [0.29, 0.717) is 28.5 Å². The molecule has 142 valence electrons. The molecular formula is C20H27NO5. The third-order valence-electron chi connectivity index (χ3n) is 4.06. The van der Waals surface area contributed by atoms with E-state index in [0.717, 1.165) is 0 Å². The number of nitrogens with zero attached hydrogens (tertiary/aromatic N) is 1. The number of carbonyl (C=O) groups is 2. The van der Waals surface area contributed by atoms with Crippen molar-refractivity contribution in [2.75, 3.05) is 0 Å². The van der Waals surface area contributed by atoms with Crippen molar-refractivity contribution in [1.82, 2.24) is 0 Å². The molecule has 1 aliphatic heterocycles. The Morgan fingerprint density at radius 3 is 2.15 bits per heavy atom. The lowest BCUT2D eigenvalue weighted by molar-refractivity contribution is -0.150. The van der Waals surface area contributed by atoms with Crippen LogP contribution in [0.2, 0.25) is 0 Å². The number of aliphatic imine (C=N–C) groups is 1.